The van der Waals surface area contributed by atoms with Crippen LogP contribution < -0.4 is 15.0 Å². The van der Waals surface area contributed by atoms with Crippen molar-refractivity contribution < 1.29 is 14.1 Å². The summed E-state index contributed by atoms with van der Waals surface area (Å²) in [6, 6.07) is 16.0. The summed E-state index contributed by atoms with van der Waals surface area (Å²) in [6.07, 6.45) is 0.305. The van der Waals surface area contributed by atoms with Gasteiger partial charge in [0, 0.05) is 24.0 Å². The predicted octanol–water partition coefficient (Wildman–Crippen LogP) is 5.29. The molecule has 1 N–H and O–H groups in total. The van der Waals surface area contributed by atoms with E-state index in [0.717, 1.165) is 46.3 Å². The van der Waals surface area contributed by atoms with Gasteiger partial charge in [0.1, 0.15) is 18.1 Å². The first kappa shape index (κ1) is 22.4. The number of carbonyl (C=O) groups excluding carboxylic acids is 1. The number of anilines is 2. The Morgan fingerprint density at radius 1 is 1.10 bits per heavy atom. The van der Waals surface area contributed by atoms with Crippen LogP contribution in [0.2, 0.25) is 0 Å². The average molecular weight is 422 g/mol. The van der Waals surface area contributed by atoms with Crippen molar-refractivity contribution in [2.45, 2.75) is 53.7 Å². The van der Waals surface area contributed by atoms with E-state index >= 15 is 0 Å². The third-order valence-electron chi connectivity index (χ3n) is 5.30. The first-order valence-corrected chi connectivity index (χ1v) is 10.7. The van der Waals surface area contributed by atoms with Crippen molar-refractivity contribution >= 4 is 17.3 Å². The molecule has 0 unspecified atom stereocenters. The van der Waals surface area contributed by atoms with Gasteiger partial charge in [-0.2, -0.15) is 0 Å². The lowest BCUT2D eigenvalue weighted by molar-refractivity contribution is -0.115. The Labute approximate surface area is 184 Å². The van der Waals surface area contributed by atoms with Gasteiger partial charge in [0.05, 0.1) is 17.7 Å². The number of benzene rings is 2. The molecule has 0 bridgehead atoms. The minimum atomic E-state index is -0.0478. The van der Waals surface area contributed by atoms with Crippen molar-refractivity contribution in [3.05, 3.63) is 71.1 Å². The lowest BCUT2D eigenvalue weighted by Gasteiger charge is -2.27. The van der Waals surface area contributed by atoms with Crippen LogP contribution >= 0.6 is 0 Å². The number of nitrogens with one attached hydrogen (secondary N) is 1. The zero-order valence-corrected chi connectivity index (χ0v) is 18.9. The molecule has 1 amide bonds. The molecule has 0 aliphatic rings. The molecule has 1 heterocycles. The maximum atomic E-state index is 12.4. The first-order valence-electron chi connectivity index (χ1n) is 10.7. The van der Waals surface area contributed by atoms with Gasteiger partial charge in [0.15, 0.2) is 0 Å². The summed E-state index contributed by atoms with van der Waals surface area (Å²) in [5.41, 5.74) is 4.68. The van der Waals surface area contributed by atoms with Crippen LogP contribution in [0.15, 0.2) is 53.1 Å². The summed E-state index contributed by atoms with van der Waals surface area (Å²) >= 11 is 0. The smallest absolute Gasteiger partial charge is 0.228 e. The molecule has 6 heteroatoms. The third-order valence-corrected chi connectivity index (χ3v) is 5.30. The maximum absolute atomic E-state index is 12.4. The molecular formula is C25H31N3O3. The van der Waals surface area contributed by atoms with Gasteiger partial charge in [-0.1, -0.05) is 17.3 Å². The summed E-state index contributed by atoms with van der Waals surface area (Å²) in [7, 11) is 0. The highest BCUT2D eigenvalue weighted by atomic mass is 16.5. The molecule has 31 heavy (non-hydrogen) atoms. The lowest BCUT2D eigenvalue weighted by atomic mass is 10.1. The summed E-state index contributed by atoms with van der Waals surface area (Å²) in [5, 5.41) is 6.90. The molecule has 0 fully saturated rings. The minimum absolute atomic E-state index is 0.0478. The molecule has 6 nitrogen and oxygen atoms in total. The van der Waals surface area contributed by atoms with Crippen molar-refractivity contribution in [3.8, 4) is 5.75 Å². The summed E-state index contributed by atoms with van der Waals surface area (Å²) in [4.78, 5) is 14.7. The van der Waals surface area contributed by atoms with Crippen LogP contribution in [0.4, 0.5) is 11.4 Å². The quantitative estimate of drug-likeness (QED) is 0.509. The number of hydrogen-bond acceptors (Lipinski definition) is 5. The maximum Gasteiger partial charge on any atom is 0.228 e. The van der Waals surface area contributed by atoms with Gasteiger partial charge in [-0.15, -0.1) is 0 Å². The Morgan fingerprint density at radius 3 is 2.32 bits per heavy atom. The van der Waals surface area contributed by atoms with Gasteiger partial charge in [0.25, 0.3) is 0 Å². The molecule has 0 atom stereocenters. The first-order chi connectivity index (χ1) is 14.9. The highest BCUT2D eigenvalue weighted by molar-refractivity contribution is 5.92. The normalized spacial score (nSPS) is 10.9. The molecule has 0 spiro atoms. The molecule has 3 aromatic rings. The molecule has 0 aliphatic heterocycles. The monoisotopic (exact) mass is 421 g/mol. The molecule has 1 aromatic heterocycles. The molecule has 0 saturated heterocycles. The number of rotatable bonds is 9. The number of nitrogens with zero attached hydrogens (tertiary/aromatic N) is 2. The van der Waals surface area contributed by atoms with E-state index in [1.807, 2.05) is 62.4 Å². The van der Waals surface area contributed by atoms with Crippen molar-refractivity contribution in [2.24, 2.45) is 0 Å². The zero-order valence-electron chi connectivity index (χ0n) is 18.9. The fraction of sp³-hybridized carbons (Fsp3) is 0.360. The molecule has 164 valence electrons. The van der Waals surface area contributed by atoms with E-state index < -0.39 is 0 Å². The van der Waals surface area contributed by atoms with Crippen LogP contribution in [0.3, 0.4) is 0 Å². The number of ether oxygens (including phenoxy) is 1. The molecule has 0 saturated carbocycles. The topological polar surface area (TPSA) is 67.6 Å². The summed E-state index contributed by atoms with van der Waals surface area (Å²) in [5.74, 6) is 1.46. The van der Waals surface area contributed by atoms with Gasteiger partial charge in [-0.3, -0.25) is 4.79 Å². The van der Waals surface area contributed by atoms with Crippen LogP contribution in [0.5, 0.6) is 5.75 Å². The second-order valence-corrected chi connectivity index (χ2v) is 7.89. The fourth-order valence-corrected chi connectivity index (χ4v) is 3.54. The van der Waals surface area contributed by atoms with Crippen molar-refractivity contribution in [2.75, 3.05) is 16.8 Å². The van der Waals surface area contributed by atoms with Crippen LogP contribution in [-0.4, -0.2) is 23.7 Å². The summed E-state index contributed by atoms with van der Waals surface area (Å²) in [6.45, 7) is 11.6. The van der Waals surface area contributed by atoms with Gasteiger partial charge in [-0.25, -0.2) is 0 Å². The standard InChI is InChI=1S/C25H31N3O3/c1-6-28(17(2)3)22-11-9-21(10-12-22)26-25(29)15-20-7-13-23(14-8-20)30-16-24-18(4)27-31-19(24)5/h7-14,17H,6,15-16H2,1-5H3,(H,26,29). The second kappa shape index (κ2) is 10.2. The largest absolute Gasteiger partial charge is 0.489 e. The number of aryl methyl sites for hydroxylation is 2. The van der Waals surface area contributed by atoms with E-state index in [4.69, 9.17) is 9.26 Å². The van der Waals surface area contributed by atoms with Crippen molar-refractivity contribution in [1.82, 2.24) is 5.16 Å². The van der Waals surface area contributed by atoms with Gasteiger partial charge in [-0.05, 0) is 76.6 Å². The predicted molar refractivity (Wildman–Crippen MR) is 124 cm³/mol. The second-order valence-electron chi connectivity index (χ2n) is 7.89. The van der Waals surface area contributed by atoms with E-state index in [9.17, 15) is 4.79 Å². The van der Waals surface area contributed by atoms with Crippen LogP contribution in [0.1, 0.15) is 43.4 Å². The van der Waals surface area contributed by atoms with E-state index in [1.54, 1.807) is 0 Å². The zero-order chi connectivity index (χ0) is 22.4. The van der Waals surface area contributed by atoms with E-state index in [-0.39, 0.29) is 5.91 Å². The van der Waals surface area contributed by atoms with Crippen LogP contribution in [0, 0.1) is 13.8 Å². The minimum Gasteiger partial charge on any atom is -0.489 e. The van der Waals surface area contributed by atoms with Gasteiger partial charge in [0.2, 0.25) is 5.91 Å². The van der Waals surface area contributed by atoms with Gasteiger partial charge >= 0.3 is 0 Å². The highest BCUT2D eigenvalue weighted by Gasteiger charge is 2.11. The molecule has 3 rings (SSSR count). The number of amides is 1. The SMILES string of the molecule is CCN(c1ccc(NC(=O)Cc2ccc(OCc3c(C)noc3C)cc2)cc1)C(C)C. The molecule has 0 aliphatic carbocycles. The molecule has 2 aromatic carbocycles. The number of carbonyl (C=O) groups is 1. The Bertz CT molecular complexity index is 972. The Kier molecular flexibility index (Phi) is 7.34. The van der Waals surface area contributed by atoms with E-state index in [1.165, 1.54) is 0 Å². The van der Waals surface area contributed by atoms with E-state index in [2.05, 4.69) is 36.1 Å². The fourth-order valence-electron chi connectivity index (χ4n) is 3.54. The summed E-state index contributed by atoms with van der Waals surface area (Å²) < 4.78 is 11.0. The number of hydrogen-bond donors (Lipinski definition) is 1. The Hall–Kier alpha value is -3.28. The third kappa shape index (κ3) is 5.87. The van der Waals surface area contributed by atoms with Crippen LogP contribution in [0.25, 0.3) is 0 Å². The Morgan fingerprint density at radius 2 is 1.77 bits per heavy atom. The average Bonchev–Trinajstić information content (AvgIpc) is 3.06. The highest BCUT2D eigenvalue weighted by Crippen LogP contribution is 2.21. The molecule has 0 radical (unpaired) electrons. The van der Waals surface area contributed by atoms with Gasteiger partial charge < -0.3 is 19.5 Å². The van der Waals surface area contributed by atoms with Crippen molar-refractivity contribution in [1.29, 1.82) is 0 Å². The molecular weight excluding hydrogens is 390 g/mol. The van der Waals surface area contributed by atoms with E-state index in [0.29, 0.717) is 19.1 Å². The van der Waals surface area contributed by atoms with Crippen LogP contribution in [-0.2, 0) is 17.8 Å². The number of aromatic nitrogens is 1. The lowest BCUT2D eigenvalue weighted by Crippen LogP contribution is -2.30. The van der Waals surface area contributed by atoms with Crippen molar-refractivity contribution in [3.63, 3.8) is 0 Å². The Balaban J connectivity index is 1.52.